The van der Waals surface area contributed by atoms with Crippen molar-refractivity contribution >= 4 is 10.8 Å². The first-order valence-corrected chi connectivity index (χ1v) is 5.82. The van der Waals surface area contributed by atoms with E-state index < -0.39 is 10.8 Å². The van der Waals surface area contributed by atoms with Crippen LogP contribution in [-0.2, 0) is 27.9 Å². The molecule has 0 amide bonds. The largest absolute Gasteiger partial charge is 0.380 e. The van der Waals surface area contributed by atoms with Gasteiger partial charge >= 0.3 is 0 Å². The summed E-state index contributed by atoms with van der Waals surface area (Å²) in [4.78, 5) is 0. The van der Waals surface area contributed by atoms with Crippen molar-refractivity contribution in [3.8, 4) is 0 Å². The summed E-state index contributed by atoms with van der Waals surface area (Å²) < 4.78 is 16.1. The fraction of sp³-hybridized carbons (Fsp3) is 0.400. The number of hydrogen-bond donors (Lipinski definition) is 0. The van der Waals surface area contributed by atoms with Crippen LogP contribution < -0.4 is 0 Å². The van der Waals surface area contributed by atoms with Gasteiger partial charge in [-0.05, 0) is 11.1 Å². The highest BCUT2D eigenvalue weighted by atomic mass is 32.2. The monoisotopic (exact) mass is 198 g/mol. The molecule has 13 heavy (non-hydrogen) atoms. The SMILES string of the molecule is COCc1ccccc1CS(C)=O. The lowest BCUT2D eigenvalue weighted by Crippen LogP contribution is -1.98. The number of rotatable bonds is 4. The first-order chi connectivity index (χ1) is 6.24. The Balaban J connectivity index is 2.84. The Morgan fingerprint density at radius 2 is 1.92 bits per heavy atom. The lowest BCUT2D eigenvalue weighted by atomic mass is 10.1. The summed E-state index contributed by atoms with van der Waals surface area (Å²) in [6.07, 6.45) is 1.71. The molecule has 1 aromatic rings. The Morgan fingerprint density at radius 3 is 2.46 bits per heavy atom. The average Bonchev–Trinajstić information content (AvgIpc) is 2.08. The molecule has 0 N–H and O–H groups in total. The highest BCUT2D eigenvalue weighted by molar-refractivity contribution is 7.83. The molecule has 0 fully saturated rings. The van der Waals surface area contributed by atoms with Crippen LogP contribution in [0.3, 0.4) is 0 Å². The zero-order valence-electron chi connectivity index (χ0n) is 7.95. The van der Waals surface area contributed by atoms with Crippen molar-refractivity contribution in [3.63, 3.8) is 0 Å². The fourth-order valence-electron chi connectivity index (χ4n) is 1.21. The molecular weight excluding hydrogens is 184 g/mol. The van der Waals surface area contributed by atoms with E-state index in [1.54, 1.807) is 13.4 Å². The molecule has 0 saturated carbocycles. The third-order valence-electron chi connectivity index (χ3n) is 1.78. The van der Waals surface area contributed by atoms with Gasteiger partial charge in [0, 0.05) is 29.9 Å². The molecule has 3 heteroatoms. The summed E-state index contributed by atoms with van der Waals surface area (Å²) in [5, 5.41) is 0. The second kappa shape index (κ2) is 5.14. The van der Waals surface area contributed by atoms with E-state index in [4.69, 9.17) is 4.74 Å². The van der Waals surface area contributed by atoms with Crippen LogP contribution in [0.5, 0.6) is 0 Å². The topological polar surface area (TPSA) is 26.3 Å². The van der Waals surface area contributed by atoms with Crippen LogP contribution in [0.2, 0.25) is 0 Å². The summed E-state index contributed by atoms with van der Waals surface area (Å²) in [7, 11) is 0.880. The van der Waals surface area contributed by atoms with E-state index in [-0.39, 0.29) is 0 Å². The minimum absolute atomic E-state index is 0.591. The number of benzene rings is 1. The lowest BCUT2D eigenvalue weighted by Gasteiger charge is -2.06. The van der Waals surface area contributed by atoms with Gasteiger partial charge in [-0.1, -0.05) is 24.3 Å². The molecule has 72 valence electrons. The van der Waals surface area contributed by atoms with Gasteiger partial charge < -0.3 is 4.74 Å². The molecule has 0 bridgehead atoms. The minimum Gasteiger partial charge on any atom is -0.380 e. The molecule has 0 aromatic heterocycles. The molecule has 0 heterocycles. The van der Waals surface area contributed by atoms with Gasteiger partial charge in [0.05, 0.1) is 6.61 Å². The predicted molar refractivity (Wildman–Crippen MR) is 54.9 cm³/mol. The Kier molecular flexibility index (Phi) is 4.12. The van der Waals surface area contributed by atoms with Crippen LogP contribution in [0.25, 0.3) is 0 Å². The number of ether oxygens (including phenoxy) is 1. The third kappa shape index (κ3) is 3.28. The molecule has 1 unspecified atom stereocenters. The van der Waals surface area contributed by atoms with Crippen LogP contribution in [0.4, 0.5) is 0 Å². The summed E-state index contributed by atoms with van der Waals surface area (Å²) in [5.74, 6) is 0.611. The van der Waals surface area contributed by atoms with E-state index in [0.29, 0.717) is 12.4 Å². The Morgan fingerprint density at radius 1 is 1.31 bits per heavy atom. The summed E-state index contributed by atoms with van der Waals surface area (Å²) in [6.45, 7) is 0.591. The molecule has 2 nitrogen and oxygen atoms in total. The van der Waals surface area contributed by atoms with Gasteiger partial charge in [0.1, 0.15) is 0 Å². The van der Waals surface area contributed by atoms with E-state index in [9.17, 15) is 4.21 Å². The van der Waals surface area contributed by atoms with E-state index in [2.05, 4.69) is 0 Å². The van der Waals surface area contributed by atoms with Crippen molar-refractivity contribution in [2.45, 2.75) is 12.4 Å². The van der Waals surface area contributed by atoms with E-state index in [1.807, 2.05) is 24.3 Å². The molecule has 0 spiro atoms. The summed E-state index contributed by atoms with van der Waals surface area (Å²) in [5.41, 5.74) is 2.24. The molecule has 0 aliphatic rings. The quantitative estimate of drug-likeness (QED) is 0.736. The zero-order chi connectivity index (χ0) is 9.68. The lowest BCUT2D eigenvalue weighted by molar-refractivity contribution is 0.184. The number of hydrogen-bond acceptors (Lipinski definition) is 2. The van der Waals surface area contributed by atoms with Crippen molar-refractivity contribution in [1.29, 1.82) is 0 Å². The maximum atomic E-state index is 11.0. The maximum Gasteiger partial charge on any atom is 0.0716 e. The van der Waals surface area contributed by atoms with Gasteiger partial charge in [-0.2, -0.15) is 0 Å². The zero-order valence-corrected chi connectivity index (χ0v) is 8.76. The second-order valence-corrected chi connectivity index (χ2v) is 4.35. The maximum absolute atomic E-state index is 11.0. The molecular formula is C10H14O2S. The molecule has 0 radical (unpaired) electrons. The summed E-state index contributed by atoms with van der Waals surface area (Å²) in [6, 6.07) is 7.93. The normalized spacial score (nSPS) is 12.8. The van der Waals surface area contributed by atoms with Gasteiger partial charge in [0.25, 0.3) is 0 Å². The highest BCUT2D eigenvalue weighted by Gasteiger charge is 2.02. The van der Waals surface area contributed by atoms with Crippen molar-refractivity contribution in [3.05, 3.63) is 35.4 Å². The molecule has 0 aliphatic carbocycles. The van der Waals surface area contributed by atoms with Gasteiger partial charge in [-0.3, -0.25) is 4.21 Å². The van der Waals surface area contributed by atoms with Crippen LogP contribution in [0.1, 0.15) is 11.1 Å². The van der Waals surface area contributed by atoms with E-state index >= 15 is 0 Å². The van der Waals surface area contributed by atoms with Crippen LogP contribution in [0.15, 0.2) is 24.3 Å². The molecule has 1 atom stereocenters. The van der Waals surface area contributed by atoms with Gasteiger partial charge in [-0.25, -0.2) is 0 Å². The van der Waals surface area contributed by atoms with Gasteiger partial charge in [0.2, 0.25) is 0 Å². The second-order valence-electron chi connectivity index (χ2n) is 2.92. The third-order valence-corrected chi connectivity index (χ3v) is 2.49. The average molecular weight is 198 g/mol. The molecule has 0 saturated heterocycles. The Hall–Kier alpha value is -0.670. The highest BCUT2D eigenvalue weighted by Crippen LogP contribution is 2.11. The Bertz CT molecular complexity index is 297. The first kappa shape index (κ1) is 10.4. The molecule has 1 rings (SSSR count). The van der Waals surface area contributed by atoms with Crippen molar-refractivity contribution < 1.29 is 8.95 Å². The van der Waals surface area contributed by atoms with E-state index in [1.165, 1.54) is 0 Å². The number of methoxy groups -OCH3 is 1. The first-order valence-electron chi connectivity index (χ1n) is 4.09. The summed E-state index contributed by atoms with van der Waals surface area (Å²) >= 11 is 0. The molecule has 1 aromatic carbocycles. The smallest absolute Gasteiger partial charge is 0.0716 e. The van der Waals surface area contributed by atoms with Gasteiger partial charge in [-0.15, -0.1) is 0 Å². The standard InChI is InChI=1S/C10H14O2S/c1-12-7-9-5-3-4-6-10(9)8-13(2)11/h3-6H,7-8H2,1-2H3. The van der Waals surface area contributed by atoms with Crippen LogP contribution in [-0.4, -0.2) is 17.6 Å². The van der Waals surface area contributed by atoms with Gasteiger partial charge in [0.15, 0.2) is 0 Å². The van der Waals surface area contributed by atoms with Crippen molar-refractivity contribution in [2.24, 2.45) is 0 Å². The fourth-order valence-corrected chi connectivity index (χ4v) is 1.93. The van der Waals surface area contributed by atoms with Crippen LogP contribution >= 0.6 is 0 Å². The van der Waals surface area contributed by atoms with Crippen molar-refractivity contribution in [1.82, 2.24) is 0 Å². The van der Waals surface area contributed by atoms with Crippen LogP contribution in [0, 0.1) is 0 Å². The van der Waals surface area contributed by atoms with E-state index in [0.717, 1.165) is 11.1 Å². The predicted octanol–water partition coefficient (Wildman–Crippen LogP) is 1.71. The minimum atomic E-state index is -0.786. The van der Waals surface area contributed by atoms with Crippen molar-refractivity contribution in [2.75, 3.05) is 13.4 Å². The molecule has 0 aliphatic heterocycles. The Labute approximate surface area is 81.4 Å².